The van der Waals surface area contributed by atoms with E-state index in [0.717, 1.165) is 6.07 Å². The number of amides is 1. The Morgan fingerprint density at radius 1 is 1.35 bits per heavy atom. The Hall–Kier alpha value is -1.50. The maximum Gasteiger partial charge on any atom is 0.433 e. The molecular formula is C12H14ClF3N2O2. The highest BCUT2D eigenvalue weighted by atomic mass is 35.5. The number of ether oxygens (including phenoxy) is 1. The number of rotatable bonds is 2. The van der Waals surface area contributed by atoms with Gasteiger partial charge in [-0.05, 0) is 38.5 Å². The van der Waals surface area contributed by atoms with Crippen molar-refractivity contribution in [2.75, 3.05) is 0 Å². The Labute approximate surface area is 119 Å². The van der Waals surface area contributed by atoms with Crippen LogP contribution in [-0.2, 0) is 17.5 Å². The average molecular weight is 311 g/mol. The van der Waals surface area contributed by atoms with Gasteiger partial charge in [-0.3, -0.25) is 0 Å². The highest BCUT2D eigenvalue weighted by Crippen LogP contribution is 2.29. The SMILES string of the molecule is CC(C)(C)OC(=O)NCc1cc(Cl)nc(C(F)(F)F)c1. The summed E-state index contributed by atoms with van der Waals surface area (Å²) in [6.07, 6.45) is -5.31. The quantitative estimate of drug-likeness (QED) is 0.846. The second kappa shape index (κ2) is 5.87. The van der Waals surface area contributed by atoms with E-state index in [1.807, 2.05) is 0 Å². The van der Waals surface area contributed by atoms with E-state index in [9.17, 15) is 18.0 Å². The molecule has 112 valence electrons. The van der Waals surface area contributed by atoms with Crippen molar-refractivity contribution in [2.45, 2.75) is 39.1 Å². The molecule has 1 aromatic rings. The lowest BCUT2D eigenvalue weighted by Gasteiger charge is -2.19. The van der Waals surface area contributed by atoms with Gasteiger partial charge in [-0.25, -0.2) is 9.78 Å². The molecule has 1 heterocycles. The first-order valence-electron chi connectivity index (χ1n) is 5.68. The van der Waals surface area contributed by atoms with E-state index in [2.05, 4.69) is 10.3 Å². The summed E-state index contributed by atoms with van der Waals surface area (Å²) in [4.78, 5) is 14.6. The third-order valence-electron chi connectivity index (χ3n) is 1.98. The second-order valence-corrected chi connectivity index (χ2v) is 5.42. The zero-order valence-corrected chi connectivity index (χ0v) is 11.9. The van der Waals surface area contributed by atoms with Gasteiger partial charge in [0.15, 0.2) is 0 Å². The number of alkyl halides is 3. The third-order valence-corrected chi connectivity index (χ3v) is 2.17. The highest BCUT2D eigenvalue weighted by Gasteiger charge is 2.33. The monoisotopic (exact) mass is 310 g/mol. The molecule has 20 heavy (non-hydrogen) atoms. The molecule has 0 saturated heterocycles. The van der Waals surface area contributed by atoms with Crippen molar-refractivity contribution >= 4 is 17.7 Å². The molecule has 0 aliphatic rings. The van der Waals surface area contributed by atoms with Gasteiger partial charge in [-0.1, -0.05) is 11.6 Å². The number of halogens is 4. The summed E-state index contributed by atoms with van der Waals surface area (Å²) in [6.45, 7) is 4.90. The Kier molecular flexibility index (Phi) is 4.86. The van der Waals surface area contributed by atoms with Crippen LogP contribution in [0.25, 0.3) is 0 Å². The van der Waals surface area contributed by atoms with E-state index in [0.29, 0.717) is 0 Å². The summed E-state index contributed by atoms with van der Waals surface area (Å²) in [5.41, 5.74) is -1.61. The minimum absolute atomic E-state index is 0.139. The van der Waals surface area contributed by atoms with Gasteiger partial charge in [-0.15, -0.1) is 0 Å². The normalized spacial score (nSPS) is 12.2. The van der Waals surface area contributed by atoms with Gasteiger partial charge in [0.1, 0.15) is 16.4 Å². The van der Waals surface area contributed by atoms with Crippen LogP contribution >= 0.6 is 11.6 Å². The molecule has 1 amide bonds. The van der Waals surface area contributed by atoms with Crippen LogP contribution in [-0.4, -0.2) is 16.7 Å². The van der Waals surface area contributed by atoms with E-state index in [1.54, 1.807) is 20.8 Å². The minimum atomic E-state index is -4.59. The first-order chi connectivity index (χ1) is 8.97. The lowest BCUT2D eigenvalue weighted by atomic mass is 10.2. The van der Waals surface area contributed by atoms with Gasteiger partial charge < -0.3 is 10.1 Å². The largest absolute Gasteiger partial charge is 0.444 e. The van der Waals surface area contributed by atoms with Crippen LogP contribution in [0.3, 0.4) is 0 Å². The maximum atomic E-state index is 12.5. The molecule has 1 N–H and O–H groups in total. The molecule has 0 unspecified atom stereocenters. The predicted molar refractivity (Wildman–Crippen MR) is 67.3 cm³/mol. The first kappa shape index (κ1) is 16.6. The fourth-order valence-electron chi connectivity index (χ4n) is 1.29. The highest BCUT2D eigenvalue weighted by molar-refractivity contribution is 6.29. The topological polar surface area (TPSA) is 51.2 Å². The Bertz CT molecular complexity index is 498. The van der Waals surface area contributed by atoms with Crippen LogP contribution in [0.1, 0.15) is 32.0 Å². The van der Waals surface area contributed by atoms with Crippen molar-refractivity contribution in [3.63, 3.8) is 0 Å². The van der Waals surface area contributed by atoms with E-state index in [-0.39, 0.29) is 17.3 Å². The van der Waals surface area contributed by atoms with Gasteiger partial charge in [0, 0.05) is 6.54 Å². The standard InChI is InChI=1S/C12H14ClF3N2O2/c1-11(2,3)20-10(19)17-6-7-4-8(12(14,15)16)18-9(13)5-7/h4-5H,6H2,1-3H3,(H,17,19). The Balaban J connectivity index is 2.74. The zero-order chi connectivity index (χ0) is 15.6. The molecule has 4 nitrogen and oxygen atoms in total. The van der Waals surface area contributed by atoms with Crippen molar-refractivity contribution in [3.05, 3.63) is 28.5 Å². The number of hydrogen-bond donors (Lipinski definition) is 1. The maximum absolute atomic E-state index is 12.5. The third kappa shape index (κ3) is 5.64. The van der Waals surface area contributed by atoms with Gasteiger partial charge in [-0.2, -0.15) is 13.2 Å². The minimum Gasteiger partial charge on any atom is -0.444 e. The van der Waals surface area contributed by atoms with Crippen LogP contribution < -0.4 is 5.32 Å². The number of hydrogen-bond acceptors (Lipinski definition) is 3. The molecule has 0 fully saturated rings. The first-order valence-corrected chi connectivity index (χ1v) is 6.06. The van der Waals surface area contributed by atoms with E-state index in [4.69, 9.17) is 16.3 Å². The summed E-state index contributed by atoms with van der Waals surface area (Å²) >= 11 is 5.52. The van der Waals surface area contributed by atoms with Crippen molar-refractivity contribution in [2.24, 2.45) is 0 Å². The van der Waals surface area contributed by atoms with E-state index in [1.165, 1.54) is 6.07 Å². The molecule has 0 radical (unpaired) electrons. The van der Waals surface area contributed by atoms with Crippen molar-refractivity contribution in [3.8, 4) is 0 Å². The average Bonchev–Trinajstić information content (AvgIpc) is 2.22. The molecule has 1 rings (SSSR count). The number of nitrogens with one attached hydrogen (secondary N) is 1. The number of aromatic nitrogens is 1. The summed E-state index contributed by atoms with van der Waals surface area (Å²) in [5.74, 6) is 0. The Morgan fingerprint density at radius 2 is 1.95 bits per heavy atom. The molecular weight excluding hydrogens is 297 g/mol. The second-order valence-electron chi connectivity index (χ2n) is 5.04. The molecule has 0 saturated carbocycles. The van der Waals surface area contributed by atoms with Crippen molar-refractivity contribution in [1.82, 2.24) is 10.3 Å². The molecule has 0 spiro atoms. The smallest absolute Gasteiger partial charge is 0.433 e. The number of carbonyl (C=O) groups excluding carboxylic acids is 1. The molecule has 1 aromatic heterocycles. The van der Waals surface area contributed by atoms with Gasteiger partial charge in [0.05, 0.1) is 0 Å². The van der Waals surface area contributed by atoms with Crippen molar-refractivity contribution < 1.29 is 22.7 Å². The summed E-state index contributed by atoms with van der Waals surface area (Å²) in [6, 6.07) is 2.07. The number of alkyl carbamates (subject to hydrolysis) is 1. The van der Waals surface area contributed by atoms with Crippen LogP contribution in [0.15, 0.2) is 12.1 Å². The molecule has 0 atom stereocenters. The van der Waals surface area contributed by atoms with Crippen LogP contribution in [0.4, 0.5) is 18.0 Å². The van der Waals surface area contributed by atoms with Crippen LogP contribution in [0.2, 0.25) is 5.15 Å². The summed E-state index contributed by atoms with van der Waals surface area (Å²) in [7, 11) is 0. The van der Waals surface area contributed by atoms with Crippen molar-refractivity contribution in [1.29, 1.82) is 0 Å². The Morgan fingerprint density at radius 3 is 2.45 bits per heavy atom. The molecule has 8 heteroatoms. The van der Waals surface area contributed by atoms with E-state index < -0.39 is 23.6 Å². The lowest BCUT2D eigenvalue weighted by molar-refractivity contribution is -0.141. The summed E-state index contributed by atoms with van der Waals surface area (Å²) < 4.78 is 42.6. The predicted octanol–water partition coefficient (Wildman–Crippen LogP) is 3.78. The molecule has 0 aromatic carbocycles. The van der Waals surface area contributed by atoms with Gasteiger partial charge >= 0.3 is 12.3 Å². The lowest BCUT2D eigenvalue weighted by Crippen LogP contribution is -2.32. The van der Waals surface area contributed by atoms with E-state index >= 15 is 0 Å². The fourth-order valence-corrected chi connectivity index (χ4v) is 1.52. The van der Waals surface area contributed by atoms with Crippen LogP contribution in [0, 0.1) is 0 Å². The van der Waals surface area contributed by atoms with Crippen LogP contribution in [0.5, 0.6) is 0 Å². The number of nitrogens with zero attached hydrogens (tertiary/aromatic N) is 1. The fraction of sp³-hybridized carbons (Fsp3) is 0.500. The van der Waals surface area contributed by atoms with Gasteiger partial charge in [0.25, 0.3) is 0 Å². The number of pyridine rings is 1. The van der Waals surface area contributed by atoms with Gasteiger partial charge in [0.2, 0.25) is 0 Å². The molecule has 0 aliphatic carbocycles. The molecule has 0 aliphatic heterocycles. The molecule has 0 bridgehead atoms. The number of carbonyl (C=O) groups is 1. The summed E-state index contributed by atoms with van der Waals surface area (Å²) in [5, 5.41) is 2.06. The zero-order valence-electron chi connectivity index (χ0n) is 11.1.